The monoisotopic (exact) mass is 823 g/mol. The Morgan fingerprint density at radius 3 is 1.65 bits per heavy atom. The van der Waals surface area contributed by atoms with Crippen molar-refractivity contribution in [3.63, 3.8) is 0 Å². The third-order valence-corrected chi connectivity index (χ3v) is 12.7. The Hall–Kier alpha value is -5.81. The van der Waals surface area contributed by atoms with Gasteiger partial charge >= 0.3 is 0 Å². The Morgan fingerprint density at radius 1 is 0.435 bits per heavy atom. The second-order valence-corrected chi connectivity index (χ2v) is 22.0. The number of ether oxygens (including phenoxy) is 1. The number of hydrogen-bond donors (Lipinski definition) is 0. The molecule has 1 aliphatic heterocycles. The fourth-order valence-electron chi connectivity index (χ4n) is 9.20. The zero-order valence-corrected chi connectivity index (χ0v) is 39.6. The molecule has 0 radical (unpaired) electrons. The van der Waals surface area contributed by atoms with Crippen LogP contribution in [0.15, 0.2) is 145 Å². The van der Waals surface area contributed by atoms with Gasteiger partial charge in [0.05, 0.1) is 17.7 Å². The van der Waals surface area contributed by atoms with Crippen LogP contribution < -0.4 is 14.5 Å². The van der Waals surface area contributed by atoms with Crippen molar-refractivity contribution in [2.24, 2.45) is 10.8 Å². The van der Waals surface area contributed by atoms with Crippen molar-refractivity contribution in [2.75, 3.05) is 16.5 Å². The van der Waals surface area contributed by atoms with Crippen LogP contribution in [0.25, 0.3) is 27.6 Å². The number of pyridine rings is 1. The van der Waals surface area contributed by atoms with Crippen LogP contribution in [-0.4, -0.2) is 16.2 Å². The van der Waals surface area contributed by atoms with Crippen LogP contribution >= 0.6 is 0 Å². The van der Waals surface area contributed by atoms with Crippen molar-refractivity contribution < 1.29 is 4.74 Å². The summed E-state index contributed by atoms with van der Waals surface area (Å²) in [4.78, 5) is 10.0. The first-order valence-electron chi connectivity index (χ1n) is 22.3. The van der Waals surface area contributed by atoms with E-state index >= 15 is 0 Å². The molecule has 2 aromatic heterocycles. The van der Waals surface area contributed by atoms with Gasteiger partial charge in [0.25, 0.3) is 0 Å². The lowest BCUT2D eigenvalue weighted by Gasteiger charge is -2.34. The van der Waals surface area contributed by atoms with Crippen molar-refractivity contribution in [2.45, 2.75) is 113 Å². The largest absolute Gasteiger partial charge is 0.457 e. The molecule has 3 heterocycles. The minimum atomic E-state index is -0.180. The summed E-state index contributed by atoms with van der Waals surface area (Å²) in [6, 6.07) is 46.3. The van der Waals surface area contributed by atoms with Crippen LogP contribution in [0.4, 0.5) is 11.4 Å². The Kier molecular flexibility index (Phi) is 10.5. The lowest BCUT2D eigenvalue weighted by Crippen LogP contribution is -2.31. The van der Waals surface area contributed by atoms with Crippen molar-refractivity contribution in [3.05, 3.63) is 167 Å². The first-order valence-corrected chi connectivity index (χ1v) is 22.3. The predicted octanol–water partition coefficient (Wildman–Crippen LogP) is 15.5. The van der Waals surface area contributed by atoms with Crippen LogP contribution in [0.2, 0.25) is 0 Å². The number of anilines is 2. The second-order valence-electron chi connectivity index (χ2n) is 22.0. The van der Waals surface area contributed by atoms with Gasteiger partial charge in [0.2, 0.25) is 0 Å². The molecule has 0 saturated carbocycles. The van der Waals surface area contributed by atoms with Gasteiger partial charge in [-0.3, -0.25) is 4.57 Å². The third kappa shape index (κ3) is 8.03. The smallest absolute Gasteiger partial charge is 0.137 e. The number of allylic oxidation sites excluding steroid dienone is 2. The molecule has 5 heteroatoms. The Balaban J connectivity index is 1.22. The van der Waals surface area contributed by atoms with Gasteiger partial charge in [-0.2, -0.15) is 0 Å². The van der Waals surface area contributed by atoms with E-state index in [4.69, 9.17) is 9.72 Å². The molecule has 8 rings (SSSR count). The molecule has 5 nitrogen and oxygen atoms in total. The molecule has 0 amide bonds. The van der Waals surface area contributed by atoms with E-state index in [0.717, 1.165) is 39.4 Å². The molecule has 1 aliphatic rings. The van der Waals surface area contributed by atoms with E-state index in [-0.39, 0.29) is 27.1 Å². The second kappa shape index (κ2) is 15.2. The molecule has 0 atom stereocenters. The fourth-order valence-corrected chi connectivity index (χ4v) is 9.20. The third-order valence-electron chi connectivity index (χ3n) is 12.7. The normalized spacial score (nSPS) is 14.4. The van der Waals surface area contributed by atoms with Gasteiger partial charge in [-0.1, -0.05) is 152 Å². The Labute approximate surface area is 371 Å². The summed E-state index contributed by atoms with van der Waals surface area (Å²) in [6.45, 7) is 33.0. The van der Waals surface area contributed by atoms with Gasteiger partial charge in [-0.25, -0.2) is 4.98 Å². The molecule has 0 N–H and O–H groups in total. The van der Waals surface area contributed by atoms with Gasteiger partial charge in [0.15, 0.2) is 0 Å². The van der Waals surface area contributed by atoms with E-state index in [1.54, 1.807) is 0 Å². The molecule has 0 fully saturated rings. The van der Waals surface area contributed by atoms with E-state index in [1.165, 1.54) is 44.7 Å². The summed E-state index contributed by atoms with van der Waals surface area (Å²) >= 11 is 0. The number of hydrogen-bond acceptors (Lipinski definition) is 4. The summed E-state index contributed by atoms with van der Waals surface area (Å²) in [5, 5.41) is 2.36. The maximum atomic E-state index is 6.88. The number of benzene rings is 5. The highest BCUT2D eigenvalue weighted by atomic mass is 16.5. The summed E-state index contributed by atoms with van der Waals surface area (Å²) in [6.07, 6.45) is 1.94. The van der Waals surface area contributed by atoms with E-state index in [2.05, 4.69) is 239 Å². The van der Waals surface area contributed by atoms with Crippen molar-refractivity contribution in [1.29, 1.82) is 0 Å². The molecule has 0 saturated heterocycles. The van der Waals surface area contributed by atoms with Crippen LogP contribution in [0, 0.1) is 10.8 Å². The van der Waals surface area contributed by atoms with Crippen LogP contribution in [-0.2, 0) is 16.2 Å². The molecular weight excluding hydrogens is 757 g/mol. The minimum Gasteiger partial charge on any atom is -0.457 e. The zero-order valence-electron chi connectivity index (χ0n) is 39.6. The maximum absolute atomic E-state index is 6.88. The first-order chi connectivity index (χ1) is 29.0. The topological polar surface area (TPSA) is 33.5 Å². The van der Waals surface area contributed by atoms with E-state index < -0.39 is 0 Å². The maximum Gasteiger partial charge on any atom is 0.137 e. The van der Waals surface area contributed by atoms with Gasteiger partial charge in [0.1, 0.15) is 17.3 Å². The average Bonchev–Trinajstić information content (AvgIpc) is 3.79. The van der Waals surface area contributed by atoms with E-state index in [1.807, 2.05) is 6.20 Å². The standard InChI is InChI=1S/C57H66N4O/c1-53(2,3)39-22-18-23-42(32-39)59-37-60(52(56(10,11)12)51(59)55(7,8)9)43-24-19-25-44(35-43)62-45-27-28-46-47-33-41(57(13,14)38-20-16-15-17-21-38)26-29-48(47)61(49(46)36-45)50-34-40(30-31-58-50)54(4,5)6/h15-36H,37H2,1-14H3. The lowest BCUT2D eigenvalue weighted by atomic mass is 9.78. The molecule has 320 valence electrons. The molecule has 0 aliphatic carbocycles. The summed E-state index contributed by atoms with van der Waals surface area (Å²) < 4.78 is 9.19. The van der Waals surface area contributed by atoms with Crippen LogP contribution in [0.3, 0.4) is 0 Å². The average molecular weight is 823 g/mol. The molecule has 0 spiro atoms. The summed E-state index contributed by atoms with van der Waals surface area (Å²) in [5.41, 5.74) is 11.9. The SMILES string of the molecule is CC(C)(C)C1=C(C(C)(C)C)N(c2cccc(C(C)(C)C)c2)CN1c1cccc(Oc2ccc3c4cc(C(C)(C)c5ccccc5)ccc4n(-c4cc(C(C)(C)C)ccn4)c3c2)c1. The van der Waals surface area contributed by atoms with Crippen molar-refractivity contribution in [3.8, 4) is 17.3 Å². The number of nitrogens with zero attached hydrogens (tertiary/aromatic N) is 4. The molecule has 0 bridgehead atoms. The summed E-state index contributed by atoms with van der Waals surface area (Å²) in [5.74, 6) is 2.47. The van der Waals surface area contributed by atoms with Gasteiger partial charge in [-0.05, 0) is 93.7 Å². The number of rotatable bonds is 7. The molecule has 7 aromatic rings. The van der Waals surface area contributed by atoms with Gasteiger partial charge in [0, 0.05) is 68.1 Å². The molecule has 5 aromatic carbocycles. The quantitative estimate of drug-likeness (QED) is 0.160. The summed E-state index contributed by atoms with van der Waals surface area (Å²) in [7, 11) is 0. The van der Waals surface area contributed by atoms with Crippen LogP contribution in [0.5, 0.6) is 11.5 Å². The highest BCUT2D eigenvalue weighted by molar-refractivity contribution is 6.10. The van der Waals surface area contributed by atoms with Crippen LogP contribution in [0.1, 0.15) is 119 Å². The van der Waals surface area contributed by atoms with Gasteiger partial charge in [-0.15, -0.1) is 0 Å². The fraction of sp³-hybridized carbons (Fsp3) is 0.351. The Bertz CT molecular complexity index is 2810. The van der Waals surface area contributed by atoms with E-state index in [0.29, 0.717) is 6.67 Å². The molecule has 62 heavy (non-hydrogen) atoms. The van der Waals surface area contributed by atoms with E-state index in [9.17, 15) is 0 Å². The Morgan fingerprint density at radius 2 is 1.02 bits per heavy atom. The molecule has 0 unspecified atom stereocenters. The van der Waals surface area contributed by atoms with Crippen molar-refractivity contribution in [1.82, 2.24) is 9.55 Å². The zero-order chi connectivity index (χ0) is 44.6. The highest BCUT2D eigenvalue weighted by Gasteiger charge is 2.42. The molecular formula is C57H66N4O. The number of fused-ring (bicyclic) bond motifs is 3. The first kappa shape index (κ1) is 42.9. The van der Waals surface area contributed by atoms with Crippen molar-refractivity contribution >= 4 is 33.2 Å². The predicted molar refractivity (Wildman–Crippen MR) is 263 cm³/mol. The lowest BCUT2D eigenvalue weighted by molar-refractivity contribution is 0.444. The minimum absolute atomic E-state index is 0.0266. The number of aromatic nitrogens is 2. The highest BCUT2D eigenvalue weighted by Crippen LogP contribution is 2.49. The van der Waals surface area contributed by atoms with Gasteiger partial charge < -0.3 is 14.5 Å².